The second-order valence-corrected chi connectivity index (χ2v) is 10.1. The Kier molecular flexibility index (Phi) is 9.26. The van der Waals surface area contributed by atoms with Crippen molar-refractivity contribution in [2.75, 3.05) is 11.5 Å². The van der Waals surface area contributed by atoms with Crippen LogP contribution in [-0.4, -0.2) is 77.9 Å². The van der Waals surface area contributed by atoms with Gasteiger partial charge in [0.25, 0.3) is 5.91 Å². The molecule has 13 nitrogen and oxygen atoms in total. The van der Waals surface area contributed by atoms with Gasteiger partial charge in [-0.3, -0.25) is 33.7 Å². The van der Waals surface area contributed by atoms with Crippen molar-refractivity contribution in [1.82, 2.24) is 0 Å². The lowest BCUT2D eigenvalue weighted by molar-refractivity contribution is -0.252. The highest BCUT2D eigenvalue weighted by atomic mass is 16.7. The van der Waals surface area contributed by atoms with Crippen LogP contribution in [0.5, 0.6) is 0 Å². The number of para-hydroxylation sites is 1. The average molecular weight is 598 g/mol. The third-order valence-corrected chi connectivity index (χ3v) is 6.91. The Balaban J connectivity index is 1.82. The van der Waals surface area contributed by atoms with Gasteiger partial charge < -0.3 is 28.8 Å². The number of ketones is 1. The van der Waals surface area contributed by atoms with E-state index in [-0.39, 0.29) is 16.8 Å². The number of amides is 1. The number of carbonyl (C=O) groups excluding carboxylic acids is 6. The predicted octanol–water partition coefficient (Wildman–Crippen LogP) is 1.58. The predicted molar refractivity (Wildman–Crippen MR) is 145 cm³/mol. The highest BCUT2D eigenvalue weighted by Gasteiger charge is 2.60. The summed E-state index contributed by atoms with van der Waals surface area (Å²) in [6.45, 7) is 3.86. The van der Waals surface area contributed by atoms with Crippen molar-refractivity contribution in [2.45, 2.75) is 70.4 Å². The van der Waals surface area contributed by atoms with Gasteiger partial charge >= 0.3 is 23.9 Å². The molecular formula is C30H31NO12. The van der Waals surface area contributed by atoms with Gasteiger partial charge in [-0.2, -0.15) is 0 Å². The first kappa shape index (κ1) is 31.3. The van der Waals surface area contributed by atoms with Crippen LogP contribution in [0.3, 0.4) is 0 Å². The smallest absolute Gasteiger partial charge is 0.303 e. The number of nitrogens with zero attached hydrogens (tertiary/aromatic N) is 1. The number of hydrogen-bond donors (Lipinski definition) is 1. The van der Waals surface area contributed by atoms with E-state index in [0.717, 1.165) is 32.6 Å². The molecule has 1 unspecified atom stereocenters. The maximum absolute atomic E-state index is 14.2. The first-order valence-corrected chi connectivity index (χ1v) is 13.4. The molecule has 228 valence electrons. The molecule has 2 aliphatic rings. The summed E-state index contributed by atoms with van der Waals surface area (Å²) in [7, 11) is 0. The van der Waals surface area contributed by atoms with Crippen LogP contribution in [-0.2, 0) is 53.3 Å². The van der Waals surface area contributed by atoms with Crippen molar-refractivity contribution in [3.63, 3.8) is 0 Å². The fourth-order valence-corrected chi connectivity index (χ4v) is 5.25. The average Bonchev–Trinajstić information content (AvgIpc) is 3.15. The third-order valence-electron chi connectivity index (χ3n) is 6.91. The van der Waals surface area contributed by atoms with Crippen LogP contribution in [0.2, 0.25) is 0 Å². The molecule has 0 aromatic heterocycles. The van der Waals surface area contributed by atoms with Crippen molar-refractivity contribution in [3.8, 4) is 0 Å². The molecule has 0 radical (unpaired) electrons. The Morgan fingerprint density at radius 2 is 1.35 bits per heavy atom. The number of carbonyl (C=O) groups is 6. The molecular weight excluding hydrogens is 566 g/mol. The van der Waals surface area contributed by atoms with Crippen LogP contribution in [0.25, 0.3) is 0 Å². The van der Waals surface area contributed by atoms with Gasteiger partial charge in [0.05, 0.1) is 12.1 Å². The highest BCUT2D eigenvalue weighted by Crippen LogP contribution is 2.46. The molecule has 1 amide bonds. The molecule has 0 bridgehead atoms. The van der Waals surface area contributed by atoms with Gasteiger partial charge in [0.15, 0.2) is 35.9 Å². The van der Waals surface area contributed by atoms with E-state index >= 15 is 0 Å². The molecule has 4 rings (SSSR count). The third kappa shape index (κ3) is 6.57. The van der Waals surface area contributed by atoms with Crippen LogP contribution >= 0.6 is 0 Å². The van der Waals surface area contributed by atoms with Crippen molar-refractivity contribution >= 4 is 41.3 Å². The Labute approximate surface area is 246 Å². The molecule has 1 N–H and O–H groups in total. The number of benzene rings is 2. The van der Waals surface area contributed by atoms with Gasteiger partial charge in [0.1, 0.15) is 12.7 Å². The number of fused-ring (bicyclic) bond motifs is 1. The molecule has 2 aromatic rings. The second-order valence-electron chi connectivity index (χ2n) is 10.1. The van der Waals surface area contributed by atoms with E-state index < -0.39 is 84.8 Å². The molecule has 13 heteroatoms. The zero-order chi connectivity index (χ0) is 31.5. The van der Waals surface area contributed by atoms with E-state index in [0.29, 0.717) is 0 Å². The Hall–Kier alpha value is -4.62. The lowest BCUT2D eigenvalue weighted by atomic mass is 9.88. The number of esters is 4. The maximum atomic E-state index is 14.2. The van der Waals surface area contributed by atoms with Gasteiger partial charge in [-0.1, -0.05) is 48.5 Å². The summed E-state index contributed by atoms with van der Waals surface area (Å²) in [6, 6.07) is 14.2. The molecule has 0 aliphatic carbocycles. The Morgan fingerprint density at radius 1 is 0.791 bits per heavy atom. The van der Waals surface area contributed by atoms with E-state index in [1.807, 2.05) is 0 Å². The highest BCUT2D eigenvalue weighted by molar-refractivity contribution is 6.11. The van der Waals surface area contributed by atoms with Gasteiger partial charge in [-0.25, -0.2) is 0 Å². The number of rotatable bonds is 9. The van der Waals surface area contributed by atoms with E-state index in [9.17, 15) is 33.9 Å². The van der Waals surface area contributed by atoms with Gasteiger partial charge in [-0.05, 0) is 6.07 Å². The minimum atomic E-state index is -2.36. The standard InChI is InChI=1S/C30H31NO12/c1-16(32)39-15-24-25(40-17(2)33)26(41-18(3)34)27(42-19(4)35)28(43-24)31-22-13-9-8-12-21(22)30(38,29(31)37)14-23(36)20-10-6-5-7-11-20/h5-13,24-28,38H,14-15H2,1-4H3/t24-,25-,26+,27-,28-,30?/m1/s1. The fraction of sp³-hybridized carbons (Fsp3) is 0.400. The van der Waals surface area contributed by atoms with Crippen LogP contribution in [0, 0.1) is 0 Å². The molecule has 2 heterocycles. The first-order valence-electron chi connectivity index (χ1n) is 13.4. The second kappa shape index (κ2) is 12.7. The van der Waals surface area contributed by atoms with E-state index in [2.05, 4.69) is 0 Å². The largest absolute Gasteiger partial charge is 0.463 e. The van der Waals surface area contributed by atoms with Crippen molar-refractivity contribution in [1.29, 1.82) is 0 Å². The number of hydrogen-bond acceptors (Lipinski definition) is 12. The monoisotopic (exact) mass is 597 g/mol. The normalized spacial score (nSPS) is 26.2. The SMILES string of the molecule is CC(=O)OC[C@H]1O[C@@H](N2C(=O)C(O)(CC(=O)c3ccccc3)c3ccccc32)[C@H](OC(C)=O)[C@@H](OC(C)=O)[C@@H]1OC(C)=O. The van der Waals surface area contributed by atoms with Crippen LogP contribution in [0.15, 0.2) is 54.6 Å². The minimum absolute atomic E-state index is 0.0807. The first-order chi connectivity index (χ1) is 20.3. The summed E-state index contributed by atoms with van der Waals surface area (Å²) in [4.78, 5) is 76.6. The van der Waals surface area contributed by atoms with Crippen LogP contribution in [0.4, 0.5) is 5.69 Å². The summed E-state index contributed by atoms with van der Waals surface area (Å²) in [5.74, 6) is -4.72. The summed E-state index contributed by atoms with van der Waals surface area (Å²) < 4.78 is 27.6. The summed E-state index contributed by atoms with van der Waals surface area (Å²) in [5.41, 5.74) is -1.89. The molecule has 2 aromatic carbocycles. The number of ether oxygens (including phenoxy) is 5. The van der Waals surface area contributed by atoms with E-state index in [4.69, 9.17) is 23.7 Å². The van der Waals surface area contributed by atoms with Gasteiger partial charge in [-0.15, -0.1) is 0 Å². The molecule has 1 fully saturated rings. The van der Waals surface area contributed by atoms with Crippen molar-refractivity contribution in [3.05, 3.63) is 65.7 Å². The summed E-state index contributed by atoms with van der Waals surface area (Å²) in [6.07, 6.45) is -8.13. The number of aliphatic hydroxyl groups is 1. The van der Waals surface area contributed by atoms with E-state index in [1.54, 1.807) is 42.5 Å². The van der Waals surface area contributed by atoms with Crippen molar-refractivity contribution < 1.29 is 57.6 Å². The zero-order valence-corrected chi connectivity index (χ0v) is 23.9. The molecule has 0 saturated carbocycles. The zero-order valence-electron chi connectivity index (χ0n) is 23.9. The maximum Gasteiger partial charge on any atom is 0.303 e. The van der Waals surface area contributed by atoms with Gasteiger partial charge in [0.2, 0.25) is 0 Å². The van der Waals surface area contributed by atoms with Crippen molar-refractivity contribution in [2.24, 2.45) is 0 Å². The molecule has 0 spiro atoms. The minimum Gasteiger partial charge on any atom is -0.463 e. The topological polar surface area (TPSA) is 172 Å². The summed E-state index contributed by atoms with van der Waals surface area (Å²) >= 11 is 0. The fourth-order valence-electron chi connectivity index (χ4n) is 5.25. The van der Waals surface area contributed by atoms with Crippen LogP contribution in [0.1, 0.15) is 50.0 Å². The quantitative estimate of drug-likeness (QED) is 0.252. The van der Waals surface area contributed by atoms with E-state index in [1.165, 1.54) is 12.1 Å². The van der Waals surface area contributed by atoms with Gasteiger partial charge in [0, 0.05) is 38.8 Å². The summed E-state index contributed by atoms with van der Waals surface area (Å²) in [5, 5.41) is 11.8. The lowest BCUT2D eigenvalue weighted by Gasteiger charge is -2.47. The Morgan fingerprint density at radius 3 is 1.95 bits per heavy atom. The van der Waals surface area contributed by atoms with Crippen LogP contribution < -0.4 is 4.90 Å². The lowest BCUT2D eigenvalue weighted by Crippen LogP contribution is -2.67. The molecule has 6 atom stereocenters. The Bertz CT molecular complexity index is 1430. The molecule has 2 aliphatic heterocycles. The number of Topliss-reactive ketones (excluding diaryl/α,β-unsaturated/α-hetero) is 1. The number of anilines is 1. The molecule has 43 heavy (non-hydrogen) atoms. The molecule has 1 saturated heterocycles.